The largest absolute Gasteiger partial charge is 0.463 e. The summed E-state index contributed by atoms with van der Waals surface area (Å²) in [7, 11) is 0. The summed E-state index contributed by atoms with van der Waals surface area (Å²) >= 11 is 0. The predicted octanol–water partition coefficient (Wildman–Crippen LogP) is 1.90. The van der Waals surface area contributed by atoms with Crippen LogP contribution in [0, 0.1) is 0 Å². The van der Waals surface area contributed by atoms with Gasteiger partial charge in [-0.15, -0.1) is 0 Å². The van der Waals surface area contributed by atoms with Crippen molar-refractivity contribution in [2.24, 2.45) is 0 Å². The summed E-state index contributed by atoms with van der Waals surface area (Å²) in [6, 6.07) is 1.86. The molecule has 0 aliphatic heterocycles. The Hall–Kier alpha value is -1.85. The van der Waals surface area contributed by atoms with E-state index in [0.29, 0.717) is 19.4 Å². The van der Waals surface area contributed by atoms with E-state index in [1.54, 1.807) is 6.20 Å². The minimum absolute atomic E-state index is 0.00335. The minimum atomic E-state index is -0.244. The number of aryl methyl sites for hydroxylation is 1. The van der Waals surface area contributed by atoms with E-state index in [2.05, 4.69) is 10.4 Å². The van der Waals surface area contributed by atoms with Crippen molar-refractivity contribution in [3.8, 4) is 0 Å². The van der Waals surface area contributed by atoms with Crippen LogP contribution in [0.25, 0.3) is 0 Å². The number of ether oxygens (including phenoxy) is 1. The van der Waals surface area contributed by atoms with Crippen molar-refractivity contribution >= 4 is 11.9 Å². The molecule has 1 heterocycles. The van der Waals surface area contributed by atoms with Crippen molar-refractivity contribution in [3.63, 3.8) is 0 Å². The van der Waals surface area contributed by atoms with Crippen LogP contribution in [0.15, 0.2) is 18.5 Å². The van der Waals surface area contributed by atoms with Gasteiger partial charge in [0.1, 0.15) is 6.10 Å². The fourth-order valence-corrected chi connectivity index (χ4v) is 1.84. The summed E-state index contributed by atoms with van der Waals surface area (Å²) in [6.45, 7) is 5.28. The molecular weight excluding hydrogens is 270 g/mol. The average molecular weight is 295 g/mol. The van der Waals surface area contributed by atoms with E-state index in [1.807, 2.05) is 30.8 Å². The maximum Gasteiger partial charge on any atom is 0.306 e. The van der Waals surface area contributed by atoms with Crippen LogP contribution < -0.4 is 5.32 Å². The Morgan fingerprint density at radius 1 is 1.38 bits per heavy atom. The van der Waals surface area contributed by atoms with Gasteiger partial charge >= 0.3 is 5.97 Å². The number of rotatable bonds is 10. The molecule has 6 nitrogen and oxygen atoms in total. The number of nitrogens with one attached hydrogen (secondary N) is 1. The first-order chi connectivity index (χ1) is 10.1. The molecule has 0 saturated carbocycles. The first-order valence-corrected chi connectivity index (χ1v) is 7.55. The number of carbonyl (C=O) groups excluding carboxylic acids is 2. The van der Waals surface area contributed by atoms with Crippen molar-refractivity contribution < 1.29 is 14.3 Å². The molecule has 0 aliphatic rings. The topological polar surface area (TPSA) is 73.2 Å². The molecular formula is C15H25N3O3. The molecule has 1 aromatic rings. The lowest BCUT2D eigenvalue weighted by Crippen LogP contribution is -2.24. The van der Waals surface area contributed by atoms with E-state index in [9.17, 15) is 9.59 Å². The zero-order chi connectivity index (χ0) is 15.5. The van der Waals surface area contributed by atoms with E-state index < -0.39 is 0 Å². The van der Waals surface area contributed by atoms with Gasteiger partial charge in [0.15, 0.2) is 0 Å². The van der Waals surface area contributed by atoms with Gasteiger partial charge in [0.05, 0.1) is 0 Å². The average Bonchev–Trinajstić information content (AvgIpc) is 2.96. The smallest absolute Gasteiger partial charge is 0.306 e. The van der Waals surface area contributed by atoms with Gasteiger partial charge in [0.2, 0.25) is 5.91 Å². The highest BCUT2D eigenvalue weighted by Gasteiger charge is 2.10. The highest BCUT2D eigenvalue weighted by atomic mass is 16.5. The molecule has 0 aliphatic carbocycles. The van der Waals surface area contributed by atoms with Crippen molar-refractivity contribution in [3.05, 3.63) is 18.5 Å². The Bertz CT molecular complexity index is 418. The Labute approximate surface area is 125 Å². The van der Waals surface area contributed by atoms with Crippen molar-refractivity contribution in [2.75, 3.05) is 6.54 Å². The fourth-order valence-electron chi connectivity index (χ4n) is 1.84. The molecule has 0 bridgehead atoms. The highest BCUT2D eigenvalue weighted by Crippen LogP contribution is 2.05. The Morgan fingerprint density at radius 2 is 2.19 bits per heavy atom. The lowest BCUT2D eigenvalue weighted by Gasteiger charge is -2.13. The lowest BCUT2D eigenvalue weighted by atomic mass is 10.2. The molecule has 1 N–H and O–H groups in total. The van der Waals surface area contributed by atoms with Gasteiger partial charge in [-0.3, -0.25) is 14.3 Å². The van der Waals surface area contributed by atoms with Crippen molar-refractivity contribution in [2.45, 2.75) is 58.6 Å². The second kappa shape index (κ2) is 9.96. The standard InChI is InChI=1S/C15H25N3O3/c1-3-9-16-14(19)6-4-7-15(20)21-13(2)8-12-18-11-5-10-17-18/h5,10-11,13H,3-4,6-9,12H2,1-2H3,(H,16,19)/t13-/m0/s1. The number of hydrogen-bond acceptors (Lipinski definition) is 4. The summed E-state index contributed by atoms with van der Waals surface area (Å²) in [6.07, 6.45) is 6.29. The molecule has 1 rings (SSSR count). The first-order valence-electron chi connectivity index (χ1n) is 7.55. The molecule has 0 saturated heterocycles. The zero-order valence-corrected chi connectivity index (χ0v) is 12.9. The van der Waals surface area contributed by atoms with Crippen LogP contribution >= 0.6 is 0 Å². The summed E-state index contributed by atoms with van der Waals surface area (Å²) < 4.78 is 7.11. The summed E-state index contributed by atoms with van der Waals surface area (Å²) in [5, 5.41) is 6.87. The van der Waals surface area contributed by atoms with Crippen LogP contribution in [0.4, 0.5) is 0 Å². The van der Waals surface area contributed by atoms with Crippen LogP contribution in [-0.4, -0.2) is 34.3 Å². The quantitative estimate of drug-likeness (QED) is 0.669. The van der Waals surface area contributed by atoms with Gasteiger partial charge in [-0.2, -0.15) is 5.10 Å². The number of amides is 1. The SMILES string of the molecule is CCCNC(=O)CCCC(=O)O[C@@H](C)CCn1cccn1. The van der Waals surface area contributed by atoms with E-state index in [0.717, 1.165) is 19.4 Å². The van der Waals surface area contributed by atoms with E-state index in [1.165, 1.54) is 0 Å². The van der Waals surface area contributed by atoms with E-state index >= 15 is 0 Å². The molecule has 0 radical (unpaired) electrons. The fraction of sp³-hybridized carbons (Fsp3) is 0.667. The number of carbonyl (C=O) groups is 2. The summed E-state index contributed by atoms with van der Waals surface area (Å²) in [5.74, 6) is -0.248. The molecule has 1 amide bonds. The summed E-state index contributed by atoms with van der Waals surface area (Å²) in [5.41, 5.74) is 0. The highest BCUT2D eigenvalue weighted by molar-refractivity contribution is 5.76. The second-order valence-electron chi connectivity index (χ2n) is 5.06. The predicted molar refractivity (Wildman–Crippen MR) is 79.5 cm³/mol. The number of esters is 1. The van der Waals surface area contributed by atoms with E-state index in [4.69, 9.17) is 4.74 Å². The second-order valence-corrected chi connectivity index (χ2v) is 5.06. The van der Waals surface area contributed by atoms with Gasteiger partial charge in [-0.25, -0.2) is 0 Å². The monoisotopic (exact) mass is 295 g/mol. The number of nitrogens with zero attached hydrogens (tertiary/aromatic N) is 2. The van der Waals surface area contributed by atoms with Gasteiger partial charge in [-0.1, -0.05) is 6.92 Å². The Morgan fingerprint density at radius 3 is 2.86 bits per heavy atom. The molecule has 118 valence electrons. The molecule has 0 unspecified atom stereocenters. The minimum Gasteiger partial charge on any atom is -0.463 e. The maximum absolute atomic E-state index is 11.6. The van der Waals surface area contributed by atoms with Gasteiger partial charge in [-0.05, 0) is 25.8 Å². The molecule has 21 heavy (non-hydrogen) atoms. The van der Waals surface area contributed by atoms with Crippen LogP contribution in [0.1, 0.15) is 46.0 Å². The third-order valence-corrected chi connectivity index (χ3v) is 3.01. The van der Waals surface area contributed by atoms with Crippen LogP contribution in [0.3, 0.4) is 0 Å². The molecule has 1 atom stereocenters. The first kappa shape index (κ1) is 17.2. The Kier molecular flexibility index (Phi) is 8.16. The van der Waals surface area contributed by atoms with Gasteiger partial charge in [0, 0.05) is 44.7 Å². The van der Waals surface area contributed by atoms with Gasteiger partial charge < -0.3 is 10.1 Å². The molecule has 1 aromatic heterocycles. The zero-order valence-electron chi connectivity index (χ0n) is 12.9. The van der Waals surface area contributed by atoms with Crippen LogP contribution in [0.5, 0.6) is 0 Å². The number of aromatic nitrogens is 2. The third kappa shape index (κ3) is 8.12. The van der Waals surface area contributed by atoms with Crippen molar-refractivity contribution in [1.82, 2.24) is 15.1 Å². The third-order valence-electron chi connectivity index (χ3n) is 3.01. The van der Waals surface area contributed by atoms with Gasteiger partial charge in [0.25, 0.3) is 0 Å². The molecule has 0 fully saturated rings. The lowest BCUT2D eigenvalue weighted by molar-refractivity contribution is -0.148. The molecule has 6 heteroatoms. The van der Waals surface area contributed by atoms with E-state index in [-0.39, 0.29) is 24.4 Å². The van der Waals surface area contributed by atoms with Crippen LogP contribution in [-0.2, 0) is 20.9 Å². The Balaban J connectivity index is 2.08. The van der Waals surface area contributed by atoms with Crippen molar-refractivity contribution in [1.29, 1.82) is 0 Å². The maximum atomic E-state index is 11.6. The van der Waals surface area contributed by atoms with Crippen LogP contribution in [0.2, 0.25) is 0 Å². The molecule has 0 aromatic carbocycles. The number of hydrogen-bond donors (Lipinski definition) is 1. The molecule has 0 spiro atoms. The summed E-state index contributed by atoms with van der Waals surface area (Å²) in [4.78, 5) is 23.0. The normalized spacial score (nSPS) is 11.9.